The SMILES string of the molecule is CC(=O)N[C@H]1CO[C@H]2[C@@H]1OC[C@@H]2NC(=O)CN1CCCCS1(=O)=O. The summed E-state index contributed by atoms with van der Waals surface area (Å²) in [6.45, 7) is 2.25. The van der Waals surface area contributed by atoms with Crippen LogP contribution in [0.2, 0.25) is 0 Å². The molecule has 3 fully saturated rings. The number of amides is 2. The lowest BCUT2D eigenvalue weighted by molar-refractivity contribution is -0.122. The van der Waals surface area contributed by atoms with E-state index in [9.17, 15) is 18.0 Å². The minimum atomic E-state index is -3.33. The van der Waals surface area contributed by atoms with Gasteiger partial charge in [0.15, 0.2) is 0 Å². The fourth-order valence-corrected chi connectivity index (χ4v) is 4.99. The smallest absolute Gasteiger partial charge is 0.235 e. The molecule has 3 aliphatic rings. The molecule has 0 aromatic rings. The monoisotopic (exact) mass is 361 g/mol. The summed E-state index contributed by atoms with van der Waals surface area (Å²) in [6.07, 6.45) is 0.784. The van der Waals surface area contributed by atoms with E-state index in [1.807, 2.05) is 0 Å². The Kier molecular flexibility index (Phi) is 5.09. The van der Waals surface area contributed by atoms with Crippen molar-refractivity contribution in [2.75, 3.05) is 32.1 Å². The Morgan fingerprint density at radius 2 is 1.71 bits per heavy atom. The molecule has 0 radical (unpaired) electrons. The molecule has 0 unspecified atom stereocenters. The number of carbonyl (C=O) groups is 2. The number of hydrogen-bond donors (Lipinski definition) is 2. The van der Waals surface area contributed by atoms with Gasteiger partial charge < -0.3 is 20.1 Å². The van der Waals surface area contributed by atoms with Crippen LogP contribution in [0.15, 0.2) is 0 Å². The Bertz CT molecular complexity index is 610. The molecule has 9 nitrogen and oxygen atoms in total. The summed E-state index contributed by atoms with van der Waals surface area (Å²) >= 11 is 0. The van der Waals surface area contributed by atoms with E-state index in [0.717, 1.165) is 6.42 Å². The highest BCUT2D eigenvalue weighted by atomic mass is 32.2. The third kappa shape index (κ3) is 3.71. The maximum atomic E-state index is 12.2. The van der Waals surface area contributed by atoms with Crippen LogP contribution in [-0.2, 0) is 29.1 Å². The molecule has 0 aliphatic carbocycles. The number of rotatable bonds is 4. The van der Waals surface area contributed by atoms with E-state index in [1.54, 1.807) is 0 Å². The van der Waals surface area contributed by atoms with Gasteiger partial charge in [-0.25, -0.2) is 8.42 Å². The Morgan fingerprint density at radius 3 is 2.29 bits per heavy atom. The van der Waals surface area contributed by atoms with Crippen LogP contribution in [0.25, 0.3) is 0 Å². The molecule has 10 heteroatoms. The molecule has 4 atom stereocenters. The molecule has 3 saturated heterocycles. The largest absolute Gasteiger partial charge is 0.371 e. The van der Waals surface area contributed by atoms with Gasteiger partial charge in [-0.2, -0.15) is 4.31 Å². The van der Waals surface area contributed by atoms with Gasteiger partial charge in [-0.05, 0) is 12.8 Å². The van der Waals surface area contributed by atoms with E-state index >= 15 is 0 Å². The van der Waals surface area contributed by atoms with Crippen LogP contribution in [0, 0.1) is 0 Å². The van der Waals surface area contributed by atoms with E-state index in [1.165, 1.54) is 11.2 Å². The third-order valence-electron chi connectivity index (χ3n) is 4.56. The highest BCUT2D eigenvalue weighted by Crippen LogP contribution is 2.27. The molecule has 136 valence electrons. The van der Waals surface area contributed by atoms with Gasteiger partial charge in [-0.15, -0.1) is 0 Å². The Labute approximate surface area is 141 Å². The van der Waals surface area contributed by atoms with Gasteiger partial charge in [0.05, 0.1) is 37.6 Å². The number of carbonyl (C=O) groups excluding carboxylic acids is 2. The van der Waals surface area contributed by atoms with Gasteiger partial charge in [-0.1, -0.05) is 0 Å². The number of sulfonamides is 1. The van der Waals surface area contributed by atoms with Gasteiger partial charge >= 0.3 is 0 Å². The predicted octanol–water partition coefficient (Wildman–Crippen LogP) is -1.80. The molecule has 0 aromatic heterocycles. The third-order valence-corrected chi connectivity index (χ3v) is 6.46. The van der Waals surface area contributed by atoms with Crippen molar-refractivity contribution >= 4 is 21.8 Å². The molecular formula is C14H23N3O6S. The zero-order valence-corrected chi connectivity index (χ0v) is 14.4. The Balaban J connectivity index is 1.53. The summed E-state index contributed by atoms with van der Waals surface area (Å²) in [4.78, 5) is 23.4. The summed E-state index contributed by atoms with van der Waals surface area (Å²) in [5.41, 5.74) is 0. The Hall–Kier alpha value is -1.23. The van der Waals surface area contributed by atoms with Gasteiger partial charge in [0, 0.05) is 13.5 Å². The van der Waals surface area contributed by atoms with Crippen molar-refractivity contribution in [1.82, 2.24) is 14.9 Å². The van der Waals surface area contributed by atoms with Gasteiger partial charge in [-0.3, -0.25) is 9.59 Å². The van der Waals surface area contributed by atoms with Crippen LogP contribution in [-0.4, -0.2) is 80.9 Å². The summed E-state index contributed by atoms with van der Waals surface area (Å²) in [6, 6.07) is -0.564. The number of fused-ring (bicyclic) bond motifs is 1. The van der Waals surface area contributed by atoms with Crippen molar-refractivity contribution < 1.29 is 27.5 Å². The lowest BCUT2D eigenvalue weighted by atomic mass is 10.1. The van der Waals surface area contributed by atoms with Gasteiger partial charge in [0.25, 0.3) is 0 Å². The van der Waals surface area contributed by atoms with Crippen molar-refractivity contribution in [2.45, 2.75) is 44.1 Å². The van der Waals surface area contributed by atoms with Crippen LogP contribution in [0.4, 0.5) is 0 Å². The molecule has 3 heterocycles. The van der Waals surface area contributed by atoms with Crippen molar-refractivity contribution in [1.29, 1.82) is 0 Å². The van der Waals surface area contributed by atoms with Crippen molar-refractivity contribution in [3.63, 3.8) is 0 Å². The van der Waals surface area contributed by atoms with E-state index in [2.05, 4.69) is 10.6 Å². The number of nitrogens with one attached hydrogen (secondary N) is 2. The second-order valence-corrected chi connectivity index (χ2v) is 8.52. The van der Waals surface area contributed by atoms with Crippen LogP contribution in [0.5, 0.6) is 0 Å². The fourth-order valence-electron chi connectivity index (χ4n) is 3.44. The first-order chi connectivity index (χ1) is 11.4. The van der Waals surface area contributed by atoms with E-state index in [0.29, 0.717) is 19.6 Å². The molecule has 3 rings (SSSR count). The lowest BCUT2D eigenvalue weighted by Gasteiger charge is -2.26. The van der Waals surface area contributed by atoms with E-state index < -0.39 is 10.0 Å². The van der Waals surface area contributed by atoms with Crippen LogP contribution in [0.1, 0.15) is 19.8 Å². The first-order valence-corrected chi connectivity index (χ1v) is 9.75. The first kappa shape index (κ1) is 17.6. The molecule has 3 aliphatic heterocycles. The second-order valence-electron chi connectivity index (χ2n) is 6.43. The highest BCUT2D eigenvalue weighted by Gasteiger charge is 2.48. The van der Waals surface area contributed by atoms with Crippen molar-refractivity contribution in [2.24, 2.45) is 0 Å². The van der Waals surface area contributed by atoms with Gasteiger partial charge in [0.2, 0.25) is 21.8 Å². The normalized spacial score (nSPS) is 35.4. The quantitative estimate of drug-likeness (QED) is 0.611. The molecular weight excluding hydrogens is 338 g/mol. The predicted molar refractivity (Wildman–Crippen MR) is 83.6 cm³/mol. The standard InChI is InChI=1S/C14H23N3O6S/c1-9(18)15-10-7-22-14-11(8-23-13(10)14)16-12(19)6-17-4-2-3-5-24(17,20)21/h10-11,13-14H,2-8H2,1H3,(H,15,18)(H,16,19)/t10-,11-,13+,14+/m0/s1. The average Bonchev–Trinajstić information content (AvgIpc) is 3.05. The van der Waals surface area contributed by atoms with Crippen LogP contribution < -0.4 is 10.6 Å². The average molecular weight is 361 g/mol. The van der Waals surface area contributed by atoms with E-state index in [-0.39, 0.29) is 55.0 Å². The fraction of sp³-hybridized carbons (Fsp3) is 0.857. The minimum Gasteiger partial charge on any atom is -0.371 e. The van der Waals surface area contributed by atoms with E-state index in [4.69, 9.17) is 9.47 Å². The molecule has 2 amide bonds. The van der Waals surface area contributed by atoms with Crippen LogP contribution >= 0.6 is 0 Å². The zero-order chi connectivity index (χ0) is 17.3. The van der Waals surface area contributed by atoms with Crippen molar-refractivity contribution in [3.05, 3.63) is 0 Å². The number of hydrogen-bond acceptors (Lipinski definition) is 6. The molecule has 0 spiro atoms. The topological polar surface area (TPSA) is 114 Å². The highest BCUT2D eigenvalue weighted by molar-refractivity contribution is 7.89. The minimum absolute atomic E-state index is 0.0963. The maximum absolute atomic E-state index is 12.2. The summed E-state index contributed by atoms with van der Waals surface area (Å²) in [7, 11) is -3.33. The summed E-state index contributed by atoms with van der Waals surface area (Å²) < 4.78 is 36.4. The zero-order valence-electron chi connectivity index (χ0n) is 13.6. The molecule has 24 heavy (non-hydrogen) atoms. The van der Waals surface area contributed by atoms with Gasteiger partial charge in [0.1, 0.15) is 12.2 Å². The van der Waals surface area contributed by atoms with Crippen molar-refractivity contribution in [3.8, 4) is 0 Å². The molecule has 0 saturated carbocycles. The number of ether oxygens (including phenoxy) is 2. The maximum Gasteiger partial charge on any atom is 0.235 e. The van der Waals surface area contributed by atoms with Crippen LogP contribution in [0.3, 0.4) is 0 Å². The first-order valence-electron chi connectivity index (χ1n) is 8.14. The second kappa shape index (κ2) is 6.95. The molecule has 0 aromatic carbocycles. The lowest BCUT2D eigenvalue weighted by Crippen LogP contribution is -2.50. The summed E-state index contributed by atoms with van der Waals surface area (Å²) in [5, 5.41) is 5.58. The number of nitrogens with zero attached hydrogens (tertiary/aromatic N) is 1. The molecule has 2 N–H and O–H groups in total. The molecule has 0 bridgehead atoms. The summed E-state index contributed by atoms with van der Waals surface area (Å²) in [5.74, 6) is -0.420. The Morgan fingerprint density at radius 1 is 1.08 bits per heavy atom.